The van der Waals surface area contributed by atoms with Gasteiger partial charge in [-0.15, -0.1) is 0 Å². The highest BCUT2D eigenvalue weighted by molar-refractivity contribution is 5.89. The Balaban J connectivity index is 1.31. The summed E-state index contributed by atoms with van der Waals surface area (Å²) in [4.78, 5) is 32.8. The Morgan fingerprint density at radius 3 is 2.50 bits per heavy atom. The topological polar surface area (TPSA) is 83.0 Å². The van der Waals surface area contributed by atoms with Gasteiger partial charge < -0.3 is 14.7 Å². The maximum absolute atomic E-state index is 12.9. The number of esters is 1. The van der Waals surface area contributed by atoms with Gasteiger partial charge in [0, 0.05) is 31.4 Å². The minimum absolute atomic E-state index is 0.0250. The minimum atomic E-state index is -0.364. The van der Waals surface area contributed by atoms with E-state index in [9.17, 15) is 14.7 Å². The molecule has 1 amide bonds. The third kappa shape index (κ3) is 4.08. The van der Waals surface area contributed by atoms with Crippen molar-refractivity contribution < 1.29 is 19.4 Å². The average Bonchev–Trinajstić information content (AvgIpc) is 2.86. The van der Waals surface area contributed by atoms with Gasteiger partial charge in [0.1, 0.15) is 0 Å². The van der Waals surface area contributed by atoms with Crippen LogP contribution in [0.15, 0.2) is 73.1 Å². The standard InChI is InChI=1S/C27H27N3O4/c1-34-27(33)21-6-4-18(5-7-21)14-29-15-23-26(24(17-31)30(23)25(32)16-29)20-10-8-19(9-11-20)22-3-2-12-28-13-22/h2-13,23-24,26,31H,14-17H2,1H3/t23-,24-,26-/m0/s1. The molecule has 34 heavy (non-hydrogen) atoms. The second-order valence-electron chi connectivity index (χ2n) is 8.87. The number of fused-ring (bicyclic) bond motifs is 1. The smallest absolute Gasteiger partial charge is 0.337 e. The van der Waals surface area contributed by atoms with Gasteiger partial charge in [-0.2, -0.15) is 0 Å². The van der Waals surface area contributed by atoms with Gasteiger partial charge in [-0.05, 0) is 40.5 Å². The molecule has 3 heterocycles. The van der Waals surface area contributed by atoms with Crippen LogP contribution in [0.1, 0.15) is 27.4 Å². The molecule has 1 N–H and O–H groups in total. The molecule has 0 spiro atoms. The third-order valence-electron chi connectivity index (χ3n) is 6.89. The zero-order valence-electron chi connectivity index (χ0n) is 19.0. The maximum atomic E-state index is 12.9. The van der Waals surface area contributed by atoms with Crippen LogP contribution in [0.4, 0.5) is 0 Å². The molecule has 0 aliphatic carbocycles. The number of aliphatic hydroxyl groups is 1. The maximum Gasteiger partial charge on any atom is 0.337 e. The first-order valence-electron chi connectivity index (χ1n) is 11.4. The fourth-order valence-electron chi connectivity index (χ4n) is 5.24. The number of hydrogen-bond acceptors (Lipinski definition) is 6. The number of piperazine rings is 1. The highest BCUT2D eigenvalue weighted by atomic mass is 16.5. The molecule has 2 fully saturated rings. The van der Waals surface area contributed by atoms with Crippen LogP contribution in [0.2, 0.25) is 0 Å². The van der Waals surface area contributed by atoms with Gasteiger partial charge in [0.05, 0.1) is 37.9 Å². The van der Waals surface area contributed by atoms with Crippen LogP contribution < -0.4 is 0 Å². The van der Waals surface area contributed by atoms with Crippen LogP contribution >= 0.6 is 0 Å². The summed E-state index contributed by atoms with van der Waals surface area (Å²) in [6.45, 7) is 1.62. The van der Waals surface area contributed by atoms with Crippen molar-refractivity contribution in [2.75, 3.05) is 26.8 Å². The second kappa shape index (κ2) is 9.37. The van der Waals surface area contributed by atoms with E-state index < -0.39 is 0 Å². The fraction of sp³-hybridized carbons (Fsp3) is 0.296. The Labute approximate surface area is 198 Å². The summed E-state index contributed by atoms with van der Waals surface area (Å²) in [5, 5.41) is 10.0. The van der Waals surface area contributed by atoms with E-state index in [1.807, 2.05) is 35.4 Å². The highest BCUT2D eigenvalue weighted by Crippen LogP contribution is 2.43. The van der Waals surface area contributed by atoms with Crippen molar-refractivity contribution in [3.63, 3.8) is 0 Å². The number of carbonyl (C=O) groups excluding carboxylic acids is 2. The van der Waals surface area contributed by atoms with Gasteiger partial charge in [-0.25, -0.2) is 4.79 Å². The molecule has 0 saturated carbocycles. The van der Waals surface area contributed by atoms with Gasteiger partial charge >= 0.3 is 5.97 Å². The van der Waals surface area contributed by atoms with Gasteiger partial charge in [-0.3, -0.25) is 14.7 Å². The number of nitrogens with zero attached hydrogens (tertiary/aromatic N) is 3. The summed E-state index contributed by atoms with van der Waals surface area (Å²) in [6, 6.07) is 19.4. The number of benzene rings is 2. The summed E-state index contributed by atoms with van der Waals surface area (Å²) < 4.78 is 4.76. The first kappa shape index (κ1) is 22.3. The summed E-state index contributed by atoms with van der Waals surface area (Å²) in [7, 11) is 1.36. The molecule has 174 valence electrons. The number of carbonyl (C=O) groups is 2. The Hall–Kier alpha value is -3.55. The number of hydrogen-bond donors (Lipinski definition) is 1. The number of methoxy groups -OCH3 is 1. The van der Waals surface area contributed by atoms with E-state index in [-0.39, 0.29) is 36.5 Å². The molecular weight excluding hydrogens is 430 g/mol. The van der Waals surface area contributed by atoms with E-state index in [1.54, 1.807) is 18.3 Å². The van der Waals surface area contributed by atoms with Crippen LogP contribution in [-0.2, 0) is 16.1 Å². The summed E-state index contributed by atoms with van der Waals surface area (Å²) in [6.07, 6.45) is 3.60. The lowest BCUT2D eigenvalue weighted by atomic mass is 9.73. The van der Waals surface area contributed by atoms with Gasteiger partial charge in [-0.1, -0.05) is 42.5 Å². The number of aliphatic hydroxyl groups excluding tert-OH is 1. The molecule has 0 bridgehead atoms. The lowest BCUT2D eigenvalue weighted by molar-refractivity contribution is -0.162. The van der Waals surface area contributed by atoms with Crippen molar-refractivity contribution in [2.45, 2.75) is 24.5 Å². The summed E-state index contributed by atoms with van der Waals surface area (Å²) in [5.41, 5.74) is 4.81. The van der Waals surface area contributed by atoms with Crippen LogP contribution in [0.5, 0.6) is 0 Å². The Bertz CT molecular complexity index is 1160. The quantitative estimate of drug-likeness (QED) is 0.573. The fourth-order valence-corrected chi connectivity index (χ4v) is 5.24. The molecule has 7 nitrogen and oxygen atoms in total. The van der Waals surface area contributed by atoms with E-state index in [1.165, 1.54) is 7.11 Å². The molecule has 2 aliphatic heterocycles. The Kier molecular flexibility index (Phi) is 6.13. The minimum Gasteiger partial charge on any atom is -0.465 e. The van der Waals surface area contributed by atoms with Crippen LogP contribution in [0, 0.1) is 0 Å². The lowest BCUT2D eigenvalue weighted by Crippen LogP contribution is -2.72. The summed E-state index contributed by atoms with van der Waals surface area (Å²) in [5.74, 6) is -0.233. The predicted molar refractivity (Wildman–Crippen MR) is 127 cm³/mol. The van der Waals surface area contributed by atoms with Crippen molar-refractivity contribution in [2.24, 2.45) is 0 Å². The van der Waals surface area contributed by atoms with E-state index in [2.05, 4.69) is 34.1 Å². The van der Waals surface area contributed by atoms with Crippen molar-refractivity contribution in [3.8, 4) is 11.1 Å². The Morgan fingerprint density at radius 2 is 1.85 bits per heavy atom. The molecule has 5 rings (SSSR count). The molecular formula is C27H27N3O4. The normalized spacial score (nSPS) is 22.1. The molecule has 3 aromatic rings. The van der Waals surface area contributed by atoms with Crippen molar-refractivity contribution >= 4 is 11.9 Å². The summed E-state index contributed by atoms with van der Waals surface area (Å²) >= 11 is 0. The number of amides is 1. The zero-order valence-corrected chi connectivity index (χ0v) is 19.0. The van der Waals surface area contributed by atoms with Crippen LogP contribution in [-0.4, -0.2) is 70.7 Å². The monoisotopic (exact) mass is 457 g/mol. The van der Waals surface area contributed by atoms with Crippen molar-refractivity contribution in [1.82, 2.24) is 14.8 Å². The third-order valence-corrected chi connectivity index (χ3v) is 6.89. The molecule has 7 heteroatoms. The second-order valence-corrected chi connectivity index (χ2v) is 8.87. The first-order chi connectivity index (χ1) is 16.6. The predicted octanol–water partition coefficient (Wildman–Crippen LogP) is 2.71. The van der Waals surface area contributed by atoms with Crippen LogP contribution in [0.25, 0.3) is 11.1 Å². The molecule has 3 atom stereocenters. The zero-order chi connectivity index (χ0) is 23.7. The van der Waals surface area contributed by atoms with Gasteiger partial charge in [0.2, 0.25) is 5.91 Å². The molecule has 1 aromatic heterocycles. The van der Waals surface area contributed by atoms with E-state index >= 15 is 0 Å². The number of pyridine rings is 1. The largest absolute Gasteiger partial charge is 0.465 e. The SMILES string of the molecule is COC(=O)c1ccc(CN2CC(=O)N3[C@@H](CO)[C@@H](c4ccc(-c5cccnc5)cc4)[C@@H]3C2)cc1. The number of rotatable bonds is 6. The first-order valence-corrected chi connectivity index (χ1v) is 11.4. The average molecular weight is 458 g/mol. The van der Waals surface area contributed by atoms with E-state index in [0.717, 1.165) is 28.8 Å². The van der Waals surface area contributed by atoms with Crippen molar-refractivity contribution in [1.29, 1.82) is 0 Å². The highest BCUT2D eigenvalue weighted by Gasteiger charge is 2.53. The Morgan fingerprint density at radius 1 is 1.09 bits per heavy atom. The number of aromatic nitrogens is 1. The van der Waals surface area contributed by atoms with Gasteiger partial charge in [0.25, 0.3) is 0 Å². The molecule has 2 aliphatic rings. The van der Waals surface area contributed by atoms with Crippen LogP contribution in [0.3, 0.4) is 0 Å². The number of ether oxygens (including phenoxy) is 1. The molecule has 0 unspecified atom stereocenters. The molecule has 2 saturated heterocycles. The molecule has 2 aromatic carbocycles. The van der Waals surface area contributed by atoms with Crippen molar-refractivity contribution in [3.05, 3.63) is 89.7 Å². The van der Waals surface area contributed by atoms with E-state index in [4.69, 9.17) is 4.74 Å². The van der Waals surface area contributed by atoms with Gasteiger partial charge in [0.15, 0.2) is 0 Å². The van der Waals surface area contributed by atoms with E-state index in [0.29, 0.717) is 18.7 Å². The lowest BCUT2D eigenvalue weighted by Gasteiger charge is -2.59. The molecule has 0 radical (unpaired) electrons.